The molecule has 2 atom stereocenters. The second-order valence-electron chi connectivity index (χ2n) is 2.18. The highest BCUT2D eigenvalue weighted by Crippen LogP contribution is 2.34. The molecular weight excluding hydrogens is 223 g/mol. The van der Waals surface area contributed by atoms with Gasteiger partial charge in [0.05, 0.1) is 11.4 Å². The maximum absolute atomic E-state index is 12.1. The Morgan fingerprint density at radius 3 is 1.77 bits per heavy atom. The third kappa shape index (κ3) is 4.48. The van der Waals surface area contributed by atoms with Crippen molar-refractivity contribution in [2.75, 3.05) is 0 Å². The van der Waals surface area contributed by atoms with Crippen molar-refractivity contribution >= 4 is 11.4 Å². The van der Waals surface area contributed by atoms with Gasteiger partial charge in [-0.25, -0.2) is 13.0 Å². The van der Waals surface area contributed by atoms with Gasteiger partial charge < -0.3 is 4.55 Å². The fraction of sp³-hybridized carbons (Fsp3) is 1.00. The molecule has 0 saturated heterocycles. The van der Waals surface area contributed by atoms with Crippen molar-refractivity contribution in [2.45, 2.75) is 25.1 Å². The molecule has 0 aromatic heterocycles. The van der Waals surface area contributed by atoms with Crippen LogP contribution in [0.1, 0.15) is 6.92 Å². The van der Waals surface area contributed by atoms with Gasteiger partial charge in [-0.15, -0.1) is 0 Å². The minimum Gasteiger partial charge on any atom is -0.750 e. The number of rotatable bonds is 3. The van der Waals surface area contributed by atoms with E-state index in [2.05, 4.69) is 4.18 Å². The fourth-order valence-corrected chi connectivity index (χ4v) is 0.940. The third-order valence-electron chi connectivity index (χ3n) is 0.932. The van der Waals surface area contributed by atoms with Gasteiger partial charge in [-0.1, -0.05) is 0 Å². The van der Waals surface area contributed by atoms with Crippen molar-refractivity contribution < 1.29 is 34.9 Å². The van der Waals surface area contributed by atoms with E-state index in [9.17, 15) is 30.7 Å². The summed E-state index contributed by atoms with van der Waals surface area (Å²) in [6.45, 7) is -0.0853. The summed E-state index contributed by atoms with van der Waals surface area (Å²) in [5.41, 5.74) is 0. The molecule has 13 heavy (non-hydrogen) atoms. The average molecular weight is 227 g/mol. The number of halogens is 5. The number of hydrogen-bond acceptors (Lipinski definition) is 3. The van der Waals surface area contributed by atoms with Crippen LogP contribution in [-0.2, 0) is 15.5 Å². The van der Waals surface area contributed by atoms with Gasteiger partial charge in [0.25, 0.3) is 5.92 Å². The van der Waals surface area contributed by atoms with E-state index in [1.54, 1.807) is 0 Å². The van der Waals surface area contributed by atoms with Crippen LogP contribution in [-0.4, -0.2) is 27.0 Å². The van der Waals surface area contributed by atoms with Gasteiger partial charge in [0.2, 0.25) is 6.10 Å². The maximum Gasteiger partial charge on any atom is 0.421 e. The highest BCUT2D eigenvalue weighted by atomic mass is 32.2. The number of hydrogen-bond donors (Lipinski definition) is 0. The van der Waals surface area contributed by atoms with Gasteiger partial charge in [0.15, 0.2) is 0 Å². The van der Waals surface area contributed by atoms with Crippen LogP contribution >= 0.6 is 0 Å². The third-order valence-corrected chi connectivity index (χ3v) is 1.28. The first kappa shape index (κ1) is 12.7. The lowest BCUT2D eigenvalue weighted by Gasteiger charge is -2.25. The molecule has 0 fully saturated rings. The molecular formula is C4H4F5O3S-. The standard InChI is InChI=1S/C4H5F5O3S/c1-3(5,6)2(4(7,8)9)12-13(10)11/h2H,1H3,(H,10,11)/p-1. The minimum absolute atomic E-state index is 0.0853. The molecule has 0 aliphatic carbocycles. The van der Waals surface area contributed by atoms with E-state index in [0.717, 1.165) is 0 Å². The Bertz CT molecular complexity index is 183. The van der Waals surface area contributed by atoms with Crippen molar-refractivity contribution in [3.05, 3.63) is 0 Å². The molecule has 0 aromatic rings. The Balaban J connectivity index is 4.68. The largest absolute Gasteiger partial charge is 0.750 e. The highest BCUT2D eigenvalue weighted by molar-refractivity contribution is 7.74. The van der Waals surface area contributed by atoms with E-state index < -0.39 is 29.6 Å². The summed E-state index contributed by atoms with van der Waals surface area (Å²) >= 11 is -3.64. The van der Waals surface area contributed by atoms with Crippen molar-refractivity contribution in [3.8, 4) is 0 Å². The summed E-state index contributed by atoms with van der Waals surface area (Å²) in [4.78, 5) is 0. The maximum atomic E-state index is 12.1. The summed E-state index contributed by atoms with van der Waals surface area (Å²) in [5, 5.41) is 0. The Labute approximate surface area is 72.4 Å². The fourth-order valence-electron chi connectivity index (χ4n) is 0.505. The topological polar surface area (TPSA) is 49.4 Å². The summed E-state index contributed by atoms with van der Waals surface area (Å²) in [6.07, 6.45) is -9.07. The molecule has 0 spiro atoms. The summed E-state index contributed by atoms with van der Waals surface area (Å²) in [5.74, 6) is -4.31. The molecule has 0 rings (SSSR count). The van der Waals surface area contributed by atoms with Gasteiger partial charge in [-0.3, -0.25) is 4.18 Å². The SMILES string of the molecule is CC(F)(F)C(OS(=O)[O-])C(F)(F)F. The molecule has 0 bridgehead atoms. The molecule has 0 aliphatic heterocycles. The van der Waals surface area contributed by atoms with Crippen molar-refractivity contribution in [1.29, 1.82) is 0 Å². The first-order valence-electron chi connectivity index (χ1n) is 2.76. The highest BCUT2D eigenvalue weighted by Gasteiger charge is 2.54. The summed E-state index contributed by atoms with van der Waals surface area (Å²) in [6, 6.07) is 0. The molecule has 0 aromatic carbocycles. The van der Waals surface area contributed by atoms with E-state index in [-0.39, 0.29) is 6.92 Å². The average Bonchev–Trinajstić information content (AvgIpc) is 1.77. The van der Waals surface area contributed by atoms with Crippen LogP contribution in [0.2, 0.25) is 0 Å². The van der Waals surface area contributed by atoms with Crippen LogP contribution in [0, 0.1) is 0 Å². The molecule has 0 amide bonds. The van der Waals surface area contributed by atoms with Gasteiger partial charge in [-0.2, -0.15) is 13.2 Å². The zero-order valence-electron chi connectivity index (χ0n) is 6.10. The van der Waals surface area contributed by atoms with E-state index in [0.29, 0.717) is 0 Å². The molecule has 0 saturated carbocycles. The smallest absolute Gasteiger partial charge is 0.421 e. The van der Waals surface area contributed by atoms with Gasteiger partial charge in [0, 0.05) is 6.92 Å². The minimum atomic E-state index is -5.43. The quantitative estimate of drug-likeness (QED) is 0.540. The second-order valence-corrected chi connectivity index (χ2v) is 2.78. The first-order valence-corrected chi connectivity index (χ1v) is 3.76. The predicted octanol–water partition coefficient (Wildman–Crippen LogP) is 1.38. The molecule has 0 aliphatic rings. The Morgan fingerprint density at radius 1 is 1.31 bits per heavy atom. The molecule has 3 nitrogen and oxygen atoms in total. The Hall–Kier alpha value is -0.280. The molecule has 80 valence electrons. The zero-order chi connectivity index (χ0) is 10.9. The van der Waals surface area contributed by atoms with E-state index >= 15 is 0 Å². The lowest BCUT2D eigenvalue weighted by molar-refractivity contribution is -0.253. The van der Waals surface area contributed by atoms with Crippen LogP contribution in [0.3, 0.4) is 0 Å². The van der Waals surface area contributed by atoms with E-state index in [4.69, 9.17) is 0 Å². The van der Waals surface area contributed by atoms with E-state index in [1.165, 1.54) is 0 Å². The zero-order valence-corrected chi connectivity index (χ0v) is 6.92. The Morgan fingerprint density at radius 2 is 1.69 bits per heavy atom. The van der Waals surface area contributed by atoms with Crippen LogP contribution in [0.4, 0.5) is 22.0 Å². The predicted molar refractivity (Wildman–Crippen MR) is 30.5 cm³/mol. The molecule has 9 heteroatoms. The Kier molecular flexibility index (Phi) is 3.76. The molecule has 0 heterocycles. The monoisotopic (exact) mass is 227 g/mol. The van der Waals surface area contributed by atoms with Crippen LogP contribution in [0.25, 0.3) is 0 Å². The van der Waals surface area contributed by atoms with Crippen LogP contribution < -0.4 is 0 Å². The van der Waals surface area contributed by atoms with Gasteiger partial charge in [-0.05, 0) is 0 Å². The van der Waals surface area contributed by atoms with Crippen molar-refractivity contribution in [3.63, 3.8) is 0 Å². The van der Waals surface area contributed by atoms with Gasteiger partial charge >= 0.3 is 6.18 Å². The van der Waals surface area contributed by atoms with Crippen LogP contribution in [0.5, 0.6) is 0 Å². The van der Waals surface area contributed by atoms with Gasteiger partial charge in [0.1, 0.15) is 0 Å². The van der Waals surface area contributed by atoms with E-state index in [1.807, 2.05) is 0 Å². The molecule has 2 unspecified atom stereocenters. The molecule has 0 N–H and O–H groups in total. The normalized spacial score (nSPS) is 18.4. The van der Waals surface area contributed by atoms with Crippen molar-refractivity contribution in [2.24, 2.45) is 0 Å². The van der Waals surface area contributed by atoms with Crippen LogP contribution in [0.15, 0.2) is 0 Å². The first-order chi connectivity index (χ1) is 5.55. The number of alkyl halides is 5. The summed E-state index contributed by atoms with van der Waals surface area (Å²) in [7, 11) is 0. The summed E-state index contributed by atoms with van der Waals surface area (Å²) < 4.78 is 81.7. The lowest BCUT2D eigenvalue weighted by atomic mass is 10.2. The second kappa shape index (κ2) is 3.84. The van der Waals surface area contributed by atoms with Crippen molar-refractivity contribution in [1.82, 2.24) is 0 Å². The lowest BCUT2D eigenvalue weighted by Crippen LogP contribution is -2.45. The molecule has 0 radical (unpaired) electrons.